The van der Waals surface area contributed by atoms with Gasteiger partial charge in [-0.3, -0.25) is 14.7 Å². The number of carbonyl (C=O) groups is 1. The zero-order valence-corrected chi connectivity index (χ0v) is 16.0. The van der Waals surface area contributed by atoms with Gasteiger partial charge in [-0.25, -0.2) is 13.9 Å². The van der Waals surface area contributed by atoms with E-state index in [4.69, 9.17) is 5.21 Å². The molecule has 1 amide bonds. The van der Waals surface area contributed by atoms with Gasteiger partial charge in [-0.15, -0.1) is 0 Å². The van der Waals surface area contributed by atoms with Crippen LogP contribution < -0.4 is 10.2 Å². The van der Waals surface area contributed by atoms with Crippen molar-refractivity contribution in [2.24, 2.45) is 0 Å². The summed E-state index contributed by atoms with van der Waals surface area (Å²) < 4.78 is 27.8. The Kier molecular flexibility index (Phi) is 5.77. The monoisotopic (exact) mass is 396 g/mol. The van der Waals surface area contributed by atoms with Gasteiger partial charge < -0.3 is 0 Å². The number of carbonyl (C=O) groups excluding carboxylic acids is 1. The number of amides is 1. The summed E-state index contributed by atoms with van der Waals surface area (Å²) in [5.41, 5.74) is 4.05. The van der Waals surface area contributed by atoms with Crippen LogP contribution in [0.4, 0.5) is 5.69 Å². The van der Waals surface area contributed by atoms with Crippen LogP contribution in [0.15, 0.2) is 83.8 Å². The summed E-state index contributed by atoms with van der Waals surface area (Å²) >= 11 is 0. The molecule has 0 fully saturated rings. The largest absolute Gasteiger partial charge is 0.289 e. The Morgan fingerprint density at radius 3 is 2.04 bits per heavy atom. The fourth-order valence-electron chi connectivity index (χ4n) is 3.02. The summed E-state index contributed by atoms with van der Waals surface area (Å²) in [5.74, 6) is -1.28. The van der Waals surface area contributed by atoms with E-state index in [9.17, 15) is 13.2 Å². The minimum absolute atomic E-state index is 0.209. The molecule has 3 aromatic rings. The Morgan fingerprint density at radius 2 is 1.43 bits per heavy atom. The van der Waals surface area contributed by atoms with Crippen molar-refractivity contribution in [1.82, 2.24) is 5.48 Å². The van der Waals surface area contributed by atoms with Crippen molar-refractivity contribution >= 4 is 21.6 Å². The van der Waals surface area contributed by atoms with Crippen LogP contribution in [0.5, 0.6) is 0 Å². The lowest BCUT2D eigenvalue weighted by molar-refractivity contribution is -0.129. The van der Waals surface area contributed by atoms with Crippen molar-refractivity contribution in [2.45, 2.75) is 17.7 Å². The first-order valence-corrected chi connectivity index (χ1v) is 10.1. The molecule has 0 spiro atoms. The predicted molar refractivity (Wildman–Crippen MR) is 107 cm³/mol. The Hall–Kier alpha value is -3.16. The van der Waals surface area contributed by atoms with Gasteiger partial charge in [-0.1, -0.05) is 60.7 Å². The predicted octanol–water partition coefficient (Wildman–Crippen LogP) is 3.43. The Balaban J connectivity index is 1.88. The second kappa shape index (κ2) is 8.24. The molecule has 0 aliphatic carbocycles. The van der Waals surface area contributed by atoms with Crippen LogP contribution in [-0.4, -0.2) is 19.5 Å². The molecule has 3 aromatic carbocycles. The molecule has 0 aliphatic heterocycles. The van der Waals surface area contributed by atoms with E-state index in [1.54, 1.807) is 85.2 Å². The molecule has 28 heavy (non-hydrogen) atoms. The first-order chi connectivity index (χ1) is 13.4. The molecular weight excluding hydrogens is 376 g/mol. The minimum Gasteiger partial charge on any atom is -0.289 e. The van der Waals surface area contributed by atoms with Crippen molar-refractivity contribution < 1.29 is 18.4 Å². The summed E-state index contributed by atoms with van der Waals surface area (Å²) in [4.78, 5) is 12.4. The van der Waals surface area contributed by atoms with E-state index >= 15 is 0 Å². The first-order valence-electron chi connectivity index (χ1n) is 8.59. The van der Waals surface area contributed by atoms with E-state index < -0.39 is 21.8 Å². The molecule has 1 atom stereocenters. The first kappa shape index (κ1) is 19.6. The van der Waals surface area contributed by atoms with Crippen LogP contribution in [0.1, 0.15) is 22.6 Å². The quantitative estimate of drug-likeness (QED) is 0.439. The molecule has 0 aliphatic rings. The van der Waals surface area contributed by atoms with Gasteiger partial charge in [0.25, 0.3) is 15.9 Å². The molecule has 0 radical (unpaired) electrons. The molecule has 0 heterocycles. The van der Waals surface area contributed by atoms with Gasteiger partial charge in [0.05, 0.1) is 10.8 Å². The van der Waals surface area contributed by atoms with Crippen molar-refractivity contribution in [2.75, 3.05) is 4.72 Å². The van der Waals surface area contributed by atoms with Gasteiger partial charge in [-0.05, 0) is 41.8 Å². The SMILES string of the molecule is Cc1ccccc1S(=O)(=O)Nc1ccc(C(C(=O)NO)c2ccccc2)cc1. The number of nitrogens with one attached hydrogen (secondary N) is 2. The van der Waals surface area contributed by atoms with E-state index in [1.165, 1.54) is 0 Å². The summed E-state index contributed by atoms with van der Waals surface area (Å²) in [6.45, 7) is 1.73. The number of rotatable bonds is 6. The van der Waals surface area contributed by atoms with Crippen molar-refractivity contribution in [3.05, 3.63) is 95.6 Å². The van der Waals surface area contributed by atoms with E-state index in [-0.39, 0.29) is 4.90 Å². The van der Waals surface area contributed by atoms with Gasteiger partial charge in [-0.2, -0.15) is 0 Å². The van der Waals surface area contributed by atoms with Crippen molar-refractivity contribution in [3.8, 4) is 0 Å². The maximum Gasteiger partial charge on any atom is 0.262 e. The molecule has 6 nitrogen and oxygen atoms in total. The summed E-state index contributed by atoms with van der Waals surface area (Å²) in [5, 5.41) is 9.10. The highest BCUT2D eigenvalue weighted by Gasteiger charge is 2.23. The molecule has 3 N–H and O–H groups in total. The Bertz CT molecular complexity index is 1070. The number of benzene rings is 3. The van der Waals surface area contributed by atoms with Crippen LogP contribution in [0.25, 0.3) is 0 Å². The normalized spacial score (nSPS) is 12.2. The maximum atomic E-state index is 12.6. The lowest BCUT2D eigenvalue weighted by atomic mass is 9.90. The van der Waals surface area contributed by atoms with Crippen LogP contribution >= 0.6 is 0 Å². The lowest BCUT2D eigenvalue weighted by Crippen LogP contribution is -2.27. The van der Waals surface area contributed by atoms with Crippen LogP contribution in [0, 0.1) is 6.92 Å². The lowest BCUT2D eigenvalue weighted by Gasteiger charge is -2.17. The minimum atomic E-state index is -3.72. The van der Waals surface area contributed by atoms with Gasteiger partial charge in [0.2, 0.25) is 0 Å². The number of hydroxylamine groups is 1. The van der Waals surface area contributed by atoms with E-state index in [2.05, 4.69) is 4.72 Å². The topological polar surface area (TPSA) is 95.5 Å². The van der Waals surface area contributed by atoms with Crippen LogP contribution in [0.2, 0.25) is 0 Å². The summed E-state index contributed by atoms with van der Waals surface area (Å²) in [7, 11) is -3.72. The van der Waals surface area contributed by atoms with Crippen molar-refractivity contribution in [3.63, 3.8) is 0 Å². The number of sulfonamides is 1. The smallest absolute Gasteiger partial charge is 0.262 e. The maximum absolute atomic E-state index is 12.6. The number of aryl methyl sites for hydroxylation is 1. The highest BCUT2D eigenvalue weighted by molar-refractivity contribution is 7.92. The van der Waals surface area contributed by atoms with Crippen molar-refractivity contribution in [1.29, 1.82) is 0 Å². The molecule has 7 heteroatoms. The average molecular weight is 396 g/mol. The second-order valence-electron chi connectivity index (χ2n) is 6.31. The van der Waals surface area contributed by atoms with Gasteiger partial charge in [0.15, 0.2) is 0 Å². The third-order valence-corrected chi connectivity index (χ3v) is 5.93. The number of anilines is 1. The van der Waals surface area contributed by atoms with Gasteiger partial charge >= 0.3 is 0 Å². The Morgan fingerprint density at radius 1 is 0.857 bits per heavy atom. The van der Waals surface area contributed by atoms with Crippen LogP contribution in [0.3, 0.4) is 0 Å². The number of hydrogen-bond donors (Lipinski definition) is 3. The molecule has 1 unspecified atom stereocenters. The zero-order chi connectivity index (χ0) is 20.1. The molecular formula is C21H20N2O4S. The highest BCUT2D eigenvalue weighted by atomic mass is 32.2. The Labute approximate surface area is 163 Å². The number of hydrogen-bond acceptors (Lipinski definition) is 4. The summed E-state index contributed by atoms with van der Waals surface area (Å²) in [6.07, 6.45) is 0. The zero-order valence-electron chi connectivity index (χ0n) is 15.2. The fraction of sp³-hybridized carbons (Fsp3) is 0.0952. The molecule has 3 rings (SSSR count). The van der Waals surface area contributed by atoms with Gasteiger partial charge in [0.1, 0.15) is 0 Å². The summed E-state index contributed by atoms with van der Waals surface area (Å²) in [6, 6.07) is 22.2. The average Bonchev–Trinajstić information content (AvgIpc) is 2.70. The molecule has 0 saturated heterocycles. The van der Waals surface area contributed by atoms with Gasteiger partial charge in [0, 0.05) is 5.69 Å². The molecule has 0 saturated carbocycles. The second-order valence-corrected chi connectivity index (χ2v) is 7.96. The molecule has 0 bridgehead atoms. The molecule has 144 valence electrons. The third kappa shape index (κ3) is 4.21. The van der Waals surface area contributed by atoms with Crippen LogP contribution in [-0.2, 0) is 14.8 Å². The molecule has 0 aromatic heterocycles. The van der Waals surface area contributed by atoms with E-state index in [1.807, 2.05) is 6.07 Å². The highest BCUT2D eigenvalue weighted by Crippen LogP contribution is 2.27. The third-order valence-electron chi connectivity index (χ3n) is 4.38. The van der Waals surface area contributed by atoms with E-state index in [0.717, 1.165) is 0 Å². The fourth-order valence-corrected chi connectivity index (χ4v) is 4.32. The standard InChI is InChI=1S/C21H20N2O4S/c1-15-7-5-6-10-19(15)28(26,27)23-18-13-11-17(12-14-18)20(21(24)22-25)16-8-3-2-4-9-16/h2-14,20,23,25H,1H3,(H,22,24). The van der Waals surface area contributed by atoms with E-state index in [0.29, 0.717) is 22.4 Å².